The van der Waals surface area contributed by atoms with E-state index in [1.807, 2.05) is 21.1 Å². The van der Waals surface area contributed by atoms with Crippen LogP contribution >= 0.6 is 7.82 Å². The lowest BCUT2D eigenvalue weighted by atomic mass is 10.0. The van der Waals surface area contributed by atoms with E-state index in [0.29, 0.717) is 23.9 Å². The van der Waals surface area contributed by atoms with E-state index in [1.165, 1.54) is 225 Å². The van der Waals surface area contributed by atoms with Gasteiger partial charge in [0.2, 0.25) is 5.91 Å². The molecule has 0 aliphatic carbocycles. The van der Waals surface area contributed by atoms with Crippen LogP contribution in [0.5, 0.6) is 0 Å². The number of amides is 1. The average molecular weight is 943 g/mol. The van der Waals surface area contributed by atoms with Gasteiger partial charge in [0.15, 0.2) is 0 Å². The molecule has 0 aliphatic rings. The van der Waals surface area contributed by atoms with Crippen molar-refractivity contribution in [2.75, 3.05) is 40.9 Å². The topological polar surface area (TPSA) is 105 Å². The van der Waals surface area contributed by atoms with E-state index in [4.69, 9.17) is 9.05 Å². The van der Waals surface area contributed by atoms with Gasteiger partial charge in [0, 0.05) is 6.42 Å². The molecule has 65 heavy (non-hydrogen) atoms. The van der Waals surface area contributed by atoms with E-state index in [2.05, 4.69) is 31.3 Å². The molecule has 0 fully saturated rings. The van der Waals surface area contributed by atoms with Crippen molar-refractivity contribution in [3.05, 3.63) is 12.2 Å². The molecule has 0 rings (SSSR count). The van der Waals surface area contributed by atoms with Crippen molar-refractivity contribution in [3.63, 3.8) is 0 Å². The molecule has 0 saturated heterocycles. The molecule has 0 aliphatic heterocycles. The second-order valence-electron chi connectivity index (χ2n) is 21.0. The van der Waals surface area contributed by atoms with Crippen molar-refractivity contribution < 1.29 is 32.9 Å². The minimum absolute atomic E-state index is 0.0762. The molecule has 0 aromatic carbocycles. The Morgan fingerprint density at radius 3 is 1.18 bits per heavy atom. The molecule has 1 amide bonds. The Morgan fingerprint density at radius 1 is 0.508 bits per heavy atom. The van der Waals surface area contributed by atoms with Crippen molar-refractivity contribution in [2.45, 2.75) is 302 Å². The summed E-state index contributed by atoms with van der Waals surface area (Å²) in [6.45, 7) is 4.93. The van der Waals surface area contributed by atoms with Gasteiger partial charge in [-0.25, -0.2) is 4.57 Å². The number of phosphoric acid groups is 1. The maximum atomic E-state index is 13.0. The Labute approximate surface area is 405 Å². The van der Waals surface area contributed by atoms with Gasteiger partial charge >= 0.3 is 7.82 Å². The molecule has 0 heterocycles. The number of allylic oxidation sites excluding steroid dienone is 2. The molecule has 0 aromatic rings. The van der Waals surface area contributed by atoms with Gasteiger partial charge in [0.25, 0.3) is 0 Å². The van der Waals surface area contributed by atoms with E-state index in [-0.39, 0.29) is 19.1 Å². The lowest BCUT2D eigenvalue weighted by molar-refractivity contribution is -0.870. The number of unbranched alkanes of at least 4 members (excludes halogenated alkanes) is 38. The number of nitrogens with one attached hydrogen (secondary N) is 1. The van der Waals surface area contributed by atoms with Crippen LogP contribution in [0.2, 0.25) is 0 Å². The number of rotatable bonds is 53. The Balaban J connectivity index is 4.17. The van der Waals surface area contributed by atoms with Crippen LogP contribution in [0.25, 0.3) is 0 Å². The fourth-order valence-corrected chi connectivity index (χ4v) is 9.49. The van der Waals surface area contributed by atoms with Crippen LogP contribution in [-0.4, -0.2) is 73.4 Å². The first-order valence-corrected chi connectivity index (χ1v) is 30.0. The molecule has 8 nitrogen and oxygen atoms in total. The number of quaternary nitrogens is 1. The fraction of sp³-hybridized carbons (Fsp3) is 0.946. The smallest absolute Gasteiger partial charge is 0.391 e. The summed E-state index contributed by atoms with van der Waals surface area (Å²) in [5.74, 6) is -0.144. The molecule has 9 heteroatoms. The summed E-state index contributed by atoms with van der Waals surface area (Å²) in [6, 6.07) is -0.760. The van der Waals surface area contributed by atoms with Gasteiger partial charge in [-0.3, -0.25) is 13.8 Å². The highest BCUT2D eigenvalue weighted by Crippen LogP contribution is 2.43. The SMILES string of the molecule is CCCCCCCCCCC/C=C\CCCCCCCCCC(=O)NC(COP(=O)(O)OCC[N+](C)(C)C)C(O)CCCCCCCCCCCCCCCCCCCCCCCCC. The van der Waals surface area contributed by atoms with Crippen LogP contribution < -0.4 is 5.32 Å². The Bertz CT molecular complexity index is 1070. The molecular weight excluding hydrogens is 828 g/mol. The number of carbonyl (C=O) groups excluding carboxylic acids is 1. The van der Waals surface area contributed by atoms with Crippen LogP contribution in [0.1, 0.15) is 290 Å². The lowest BCUT2D eigenvalue weighted by Gasteiger charge is -2.26. The highest BCUT2D eigenvalue weighted by Gasteiger charge is 2.28. The Kier molecular flexibility index (Phi) is 47.7. The van der Waals surface area contributed by atoms with Crippen LogP contribution in [0.4, 0.5) is 0 Å². The maximum absolute atomic E-state index is 13.0. The first-order valence-electron chi connectivity index (χ1n) is 28.6. The molecule has 0 spiro atoms. The lowest BCUT2D eigenvalue weighted by Crippen LogP contribution is -2.46. The summed E-state index contributed by atoms with van der Waals surface area (Å²) in [6.07, 6.45) is 58.3. The Morgan fingerprint density at radius 2 is 0.831 bits per heavy atom. The highest BCUT2D eigenvalue weighted by atomic mass is 31.2. The molecular formula is C56H114N2O6P+. The largest absolute Gasteiger partial charge is 0.472 e. The third kappa shape index (κ3) is 50.9. The monoisotopic (exact) mass is 942 g/mol. The molecule has 3 unspecified atom stereocenters. The first-order chi connectivity index (χ1) is 31.5. The minimum Gasteiger partial charge on any atom is -0.391 e. The van der Waals surface area contributed by atoms with Crippen molar-refractivity contribution >= 4 is 13.7 Å². The van der Waals surface area contributed by atoms with Gasteiger partial charge in [-0.2, -0.15) is 0 Å². The second kappa shape index (κ2) is 48.3. The molecule has 3 N–H and O–H groups in total. The number of aliphatic hydroxyl groups is 1. The number of carbonyl (C=O) groups is 1. The summed E-state index contributed by atoms with van der Waals surface area (Å²) < 4.78 is 23.8. The summed E-state index contributed by atoms with van der Waals surface area (Å²) in [4.78, 5) is 23.3. The van der Waals surface area contributed by atoms with Gasteiger partial charge in [-0.1, -0.05) is 257 Å². The summed E-state index contributed by atoms with van der Waals surface area (Å²) in [7, 11) is 1.63. The van der Waals surface area contributed by atoms with Crippen LogP contribution in [0.15, 0.2) is 12.2 Å². The third-order valence-corrected chi connectivity index (χ3v) is 14.2. The third-order valence-electron chi connectivity index (χ3n) is 13.3. The molecule has 0 bridgehead atoms. The zero-order valence-corrected chi connectivity index (χ0v) is 45.2. The van der Waals surface area contributed by atoms with Gasteiger partial charge < -0.3 is 19.8 Å². The predicted molar refractivity (Wildman–Crippen MR) is 282 cm³/mol. The highest BCUT2D eigenvalue weighted by molar-refractivity contribution is 7.47. The van der Waals surface area contributed by atoms with Crippen molar-refractivity contribution in [3.8, 4) is 0 Å². The summed E-state index contributed by atoms with van der Waals surface area (Å²) >= 11 is 0. The van der Waals surface area contributed by atoms with E-state index >= 15 is 0 Å². The normalized spacial score (nSPS) is 14.0. The van der Waals surface area contributed by atoms with E-state index in [0.717, 1.165) is 38.5 Å². The predicted octanol–water partition coefficient (Wildman–Crippen LogP) is 17.0. The standard InChI is InChI=1S/C56H113N2O6P/c1-6-8-10-12-14-16-18-20-22-24-26-28-29-30-31-33-35-37-39-41-43-45-47-49-55(59)54(53-64-65(61,62)63-52-51-58(3,4)5)57-56(60)50-48-46-44-42-40-38-36-34-32-27-25-23-21-19-17-15-13-11-9-7-2/h27,32,54-55,59H,6-26,28-31,33-53H2,1-5H3,(H-,57,60,61,62)/p+1/b32-27-. The maximum Gasteiger partial charge on any atom is 0.472 e. The molecule has 3 atom stereocenters. The van der Waals surface area contributed by atoms with Crippen LogP contribution in [0, 0.1) is 0 Å². The quantitative estimate of drug-likeness (QED) is 0.0243. The van der Waals surface area contributed by atoms with Crippen LogP contribution in [0.3, 0.4) is 0 Å². The van der Waals surface area contributed by atoms with Gasteiger partial charge in [-0.05, 0) is 38.5 Å². The van der Waals surface area contributed by atoms with Gasteiger partial charge in [-0.15, -0.1) is 0 Å². The van der Waals surface area contributed by atoms with Gasteiger partial charge in [0.05, 0.1) is 39.9 Å². The second-order valence-corrected chi connectivity index (χ2v) is 22.5. The number of hydrogen-bond acceptors (Lipinski definition) is 5. The van der Waals surface area contributed by atoms with Crippen LogP contribution in [-0.2, 0) is 18.4 Å². The van der Waals surface area contributed by atoms with Crippen molar-refractivity contribution in [1.82, 2.24) is 5.32 Å². The number of nitrogens with zero attached hydrogens (tertiary/aromatic N) is 1. The molecule has 0 radical (unpaired) electrons. The molecule has 0 saturated carbocycles. The molecule has 388 valence electrons. The zero-order valence-electron chi connectivity index (χ0n) is 44.3. The van der Waals surface area contributed by atoms with Gasteiger partial charge in [0.1, 0.15) is 13.2 Å². The van der Waals surface area contributed by atoms with Crippen molar-refractivity contribution in [2.24, 2.45) is 0 Å². The van der Waals surface area contributed by atoms with Crippen molar-refractivity contribution in [1.29, 1.82) is 0 Å². The van der Waals surface area contributed by atoms with E-state index in [9.17, 15) is 19.4 Å². The van der Waals surface area contributed by atoms with E-state index in [1.54, 1.807) is 0 Å². The first kappa shape index (κ1) is 64.2. The minimum atomic E-state index is -4.32. The Hall–Kier alpha value is -0.760. The van der Waals surface area contributed by atoms with E-state index < -0.39 is 20.0 Å². The average Bonchev–Trinajstić information content (AvgIpc) is 3.26. The number of aliphatic hydroxyl groups excluding tert-OH is 1. The summed E-state index contributed by atoms with van der Waals surface area (Å²) in [5.41, 5.74) is 0. The zero-order chi connectivity index (χ0) is 47.8. The number of phosphoric ester groups is 1. The fourth-order valence-electron chi connectivity index (χ4n) is 8.75. The molecule has 0 aromatic heterocycles. The number of hydrogen-bond donors (Lipinski definition) is 3. The number of likely N-dealkylation sites (N-methyl/N-ethyl adjacent to an activating group) is 1. The summed E-state index contributed by atoms with van der Waals surface area (Å²) in [5, 5.41) is 14.1.